The maximum absolute atomic E-state index is 11.7. The van der Waals surface area contributed by atoms with Gasteiger partial charge in [0.05, 0.1) is 4.90 Å². The van der Waals surface area contributed by atoms with Crippen LogP contribution >= 0.6 is 11.6 Å². The average molecular weight is 311 g/mol. The Labute approximate surface area is 109 Å². The molecule has 0 heterocycles. The number of nitrogens with zero attached hydrogens (tertiary/aromatic N) is 1. The molecule has 98 valence electrons. The van der Waals surface area contributed by atoms with Gasteiger partial charge in [-0.05, 0) is 18.2 Å². The molecule has 1 aromatic rings. The van der Waals surface area contributed by atoms with Crippen molar-refractivity contribution < 1.29 is 21.6 Å². The van der Waals surface area contributed by atoms with Crippen LogP contribution < -0.4 is 4.72 Å². The zero-order chi connectivity index (χ0) is 13.8. The van der Waals surface area contributed by atoms with E-state index in [1.807, 2.05) is 0 Å². The number of sulfone groups is 1. The summed E-state index contributed by atoms with van der Waals surface area (Å²) in [5.74, 6) is -0.930. The monoisotopic (exact) mass is 310 g/mol. The number of hydrogen-bond acceptors (Lipinski definition) is 5. The number of benzene rings is 1. The van der Waals surface area contributed by atoms with E-state index in [2.05, 4.69) is 4.40 Å². The molecule has 0 bridgehead atoms. The number of nitrogens with one attached hydrogen (secondary N) is 1. The van der Waals surface area contributed by atoms with Crippen LogP contribution in [0, 0.1) is 0 Å². The molecule has 0 aliphatic carbocycles. The lowest BCUT2D eigenvalue weighted by molar-refractivity contribution is 0.561. The Morgan fingerprint density at radius 3 is 2.50 bits per heavy atom. The van der Waals surface area contributed by atoms with E-state index >= 15 is 0 Å². The smallest absolute Gasteiger partial charge is 0.222 e. The van der Waals surface area contributed by atoms with E-state index in [0.717, 1.165) is 6.08 Å². The van der Waals surface area contributed by atoms with Crippen molar-refractivity contribution in [2.75, 3.05) is 5.88 Å². The van der Waals surface area contributed by atoms with Gasteiger partial charge in [-0.15, -0.1) is 0 Å². The molecular weight excluding hydrogens is 304 g/mol. The summed E-state index contributed by atoms with van der Waals surface area (Å²) in [6, 6.07) is 5.32. The first-order valence-electron chi connectivity index (χ1n) is 4.34. The fourth-order valence-corrected chi connectivity index (χ4v) is 3.37. The molecule has 0 aliphatic heterocycles. The maximum atomic E-state index is 11.7. The second kappa shape index (κ2) is 5.59. The predicted octanol–water partition coefficient (Wildman–Crippen LogP) is 0.241. The molecule has 7 nitrogen and oxygen atoms in total. The lowest BCUT2D eigenvalue weighted by Crippen LogP contribution is -2.28. The van der Waals surface area contributed by atoms with Crippen molar-refractivity contribution in [3.05, 3.63) is 29.3 Å². The lowest BCUT2D eigenvalue weighted by Gasteiger charge is -2.04. The zero-order valence-electron chi connectivity index (χ0n) is 8.70. The lowest BCUT2D eigenvalue weighted by atomic mass is 10.4. The molecule has 0 saturated carbocycles. The van der Waals surface area contributed by atoms with Crippen molar-refractivity contribution in [3.63, 3.8) is 0 Å². The van der Waals surface area contributed by atoms with Gasteiger partial charge in [0.25, 0.3) is 6.08 Å². The molecule has 0 unspecified atom stereocenters. The van der Waals surface area contributed by atoms with Crippen LogP contribution in [0.15, 0.2) is 33.6 Å². The number of rotatable bonds is 5. The zero-order valence-corrected chi connectivity index (χ0v) is 11.1. The first-order chi connectivity index (χ1) is 8.27. The van der Waals surface area contributed by atoms with Crippen LogP contribution in [-0.2, 0) is 24.8 Å². The van der Waals surface area contributed by atoms with E-state index in [1.165, 1.54) is 24.3 Å². The van der Waals surface area contributed by atoms with Gasteiger partial charge >= 0.3 is 10.2 Å². The molecule has 1 rings (SSSR count). The van der Waals surface area contributed by atoms with Gasteiger partial charge in [-0.3, -0.25) is 0 Å². The van der Waals surface area contributed by atoms with Crippen LogP contribution in [-0.4, -0.2) is 28.8 Å². The van der Waals surface area contributed by atoms with E-state index in [0.29, 0.717) is 0 Å². The number of carbonyl (C=O) groups excluding carboxylic acids is 1. The summed E-state index contributed by atoms with van der Waals surface area (Å²) in [6.45, 7) is 0. The summed E-state index contributed by atoms with van der Waals surface area (Å²) in [4.78, 5) is 9.64. The van der Waals surface area contributed by atoms with E-state index in [-0.39, 0.29) is 9.92 Å². The first kappa shape index (κ1) is 14.8. The minimum absolute atomic E-state index is 0.146. The molecule has 18 heavy (non-hydrogen) atoms. The van der Waals surface area contributed by atoms with E-state index in [9.17, 15) is 21.6 Å². The van der Waals surface area contributed by atoms with Crippen molar-refractivity contribution in [3.8, 4) is 0 Å². The summed E-state index contributed by atoms with van der Waals surface area (Å²) in [7, 11) is -8.24. The van der Waals surface area contributed by atoms with Gasteiger partial charge in [0.1, 0.15) is 5.88 Å². The van der Waals surface area contributed by atoms with Crippen LogP contribution in [0.1, 0.15) is 0 Å². The van der Waals surface area contributed by atoms with Gasteiger partial charge in [-0.25, -0.2) is 13.2 Å². The second-order valence-electron chi connectivity index (χ2n) is 3.02. The molecule has 1 N–H and O–H groups in total. The van der Waals surface area contributed by atoms with Gasteiger partial charge in [-0.2, -0.15) is 13.1 Å². The summed E-state index contributed by atoms with van der Waals surface area (Å²) in [5, 5.41) is 0.199. The van der Waals surface area contributed by atoms with Crippen molar-refractivity contribution >= 4 is 37.7 Å². The highest BCUT2D eigenvalue weighted by atomic mass is 35.5. The highest BCUT2D eigenvalue weighted by Crippen LogP contribution is 2.16. The van der Waals surface area contributed by atoms with Gasteiger partial charge in [-0.1, -0.05) is 22.1 Å². The minimum Gasteiger partial charge on any atom is -0.222 e. The molecule has 0 aliphatic rings. The summed E-state index contributed by atoms with van der Waals surface area (Å²) in [6.07, 6.45) is 0.802. The minimum atomic E-state index is -4.34. The van der Waals surface area contributed by atoms with Crippen molar-refractivity contribution in [2.45, 2.75) is 4.90 Å². The quantitative estimate of drug-likeness (QED) is 0.619. The molecule has 0 fully saturated rings. The standard InChI is InChI=1S/C8H7ClN2O5S2/c9-7-2-1-3-8(4-7)17(13,14)6-11-18(15,16)10-5-12/h1-4,11H,6H2. The largest absolute Gasteiger partial charge is 0.331 e. The third kappa shape index (κ3) is 4.21. The summed E-state index contributed by atoms with van der Waals surface area (Å²) < 4.78 is 49.4. The highest BCUT2D eigenvalue weighted by molar-refractivity contribution is 7.93. The van der Waals surface area contributed by atoms with Crippen LogP contribution in [0.4, 0.5) is 0 Å². The number of isocyanates is 1. The Morgan fingerprint density at radius 1 is 1.28 bits per heavy atom. The van der Waals surface area contributed by atoms with Gasteiger partial charge in [0, 0.05) is 5.02 Å². The molecule has 10 heteroatoms. The van der Waals surface area contributed by atoms with Gasteiger partial charge < -0.3 is 0 Å². The molecule has 0 radical (unpaired) electrons. The maximum Gasteiger partial charge on any atom is 0.331 e. The molecule has 1 aromatic carbocycles. The molecule has 0 saturated heterocycles. The second-order valence-corrected chi connectivity index (χ2v) is 6.87. The third-order valence-corrected chi connectivity index (χ3v) is 4.48. The van der Waals surface area contributed by atoms with Crippen molar-refractivity contribution in [2.24, 2.45) is 4.40 Å². The fourth-order valence-electron chi connectivity index (χ4n) is 0.977. The molecule has 0 spiro atoms. The Hall–Kier alpha value is -1.25. The Bertz CT molecular complexity index is 692. The van der Waals surface area contributed by atoms with E-state index in [4.69, 9.17) is 11.6 Å². The predicted molar refractivity (Wildman–Crippen MR) is 63.7 cm³/mol. The van der Waals surface area contributed by atoms with Crippen LogP contribution in [0.5, 0.6) is 0 Å². The molecule has 0 amide bonds. The number of halogens is 1. The Morgan fingerprint density at radius 2 is 1.94 bits per heavy atom. The third-order valence-electron chi connectivity index (χ3n) is 1.74. The van der Waals surface area contributed by atoms with Crippen molar-refractivity contribution in [1.29, 1.82) is 0 Å². The van der Waals surface area contributed by atoms with E-state index < -0.39 is 25.9 Å². The molecule has 0 aromatic heterocycles. The highest BCUT2D eigenvalue weighted by Gasteiger charge is 2.18. The van der Waals surface area contributed by atoms with E-state index in [1.54, 1.807) is 4.72 Å². The SMILES string of the molecule is O=C=NS(=O)(=O)NCS(=O)(=O)c1cccc(Cl)c1. The first-order valence-corrected chi connectivity index (χ1v) is 7.81. The Balaban J connectivity index is 2.94. The number of hydrogen-bond donors (Lipinski definition) is 1. The topological polar surface area (TPSA) is 110 Å². The summed E-state index contributed by atoms with van der Waals surface area (Å²) >= 11 is 5.62. The molecular formula is C8H7ClN2O5S2. The van der Waals surface area contributed by atoms with Crippen LogP contribution in [0.2, 0.25) is 5.02 Å². The van der Waals surface area contributed by atoms with Gasteiger partial charge in [0.2, 0.25) is 0 Å². The van der Waals surface area contributed by atoms with Crippen molar-refractivity contribution in [1.82, 2.24) is 4.72 Å². The van der Waals surface area contributed by atoms with Crippen LogP contribution in [0.25, 0.3) is 0 Å². The summed E-state index contributed by atoms with van der Waals surface area (Å²) in [5.41, 5.74) is 0. The average Bonchev–Trinajstić information content (AvgIpc) is 2.27. The fraction of sp³-hybridized carbons (Fsp3) is 0.125. The normalized spacial score (nSPS) is 11.8. The molecule has 0 atom stereocenters. The Kier molecular flexibility index (Phi) is 4.60. The van der Waals surface area contributed by atoms with Crippen LogP contribution in [0.3, 0.4) is 0 Å². The van der Waals surface area contributed by atoms with Gasteiger partial charge in [0.15, 0.2) is 9.84 Å².